The van der Waals surface area contributed by atoms with Crippen LogP contribution in [0, 0.1) is 11.8 Å². The molecule has 2 aromatic rings. The highest BCUT2D eigenvalue weighted by Crippen LogP contribution is 2.24. The average molecular weight is 389 g/mol. The van der Waals surface area contributed by atoms with Gasteiger partial charge in [0.2, 0.25) is 0 Å². The van der Waals surface area contributed by atoms with E-state index in [1.807, 2.05) is 0 Å². The molecular weight excluding hydrogens is 360 g/mol. The Morgan fingerprint density at radius 2 is 1.38 bits per heavy atom. The minimum atomic E-state index is 0.741. The van der Waals surface area contributed by atoms with E-state index in [0.717, 1.165) is 35.1 Å². The summed E-state index contributed by atoms with van der Waals surface area (Å²) >= 11 is 3.47. The summed E-state index contributed by atoms with van der Waals surface area (Å²) in [4.78, 5) is 0. The fraction of sp³-hybridized carbons (Fsp3) is 0.455. The summed E-state index contributed by atoms with van der Waals surface area (Å²) in [5, 5.41) is 0. The predicted molar refractivity (Wildman–Crippen MR) is 108 cm³/mol. The molecule has 0 heterocycles. The first-order valence-corrected chi connectivity index (χ1v) is 9.82. The smallest absolute Gasteiger partial charge is 0.119 e. The Morgan fingerprint density at radius 1 is 0.792 bits per heavy atom. The van der Waals surface area contributed by atoms with E-state index in [4.69, 9.17) is 4.74 Å². The average Bonchev–Trinajstić information content (AvgIpc) is 2.56. The fourth-order valence-electron chi connectivity index (χ4n) is 2.78. The van der Waals surface area contributed by atoms with Crippen molar-refractivity contribution in [1.29, 1.82) is 0 Å². The van der Waals surface area contributed by atoms with Crippen molar-refractivity contribution >= 4 is 15.9 Å². The Morgan fingerprint density at radius 3 is 1.96 bits per heavy atom. The maximum atomic E-state index is 5.91. The highest BCUT2D eigenvalue weighted by molar-refractivity contribution is 9.10. The van der Waals surface area contributed by atoms with Gasteiger partial charge in [-0.2, -0.15) is 0 Å². The SMILES string of the molecule is CC(C)CCCC(C)CCOc1ccc(-c2ccc(Br)cc2)cc1. The van der Waals surface area contributed by atoms with Gasteiger partial charge in [0.05, 0.1) is 6.61 Å². The summed E-state index contributed by atoms with van der Waals surface area (Å²) in [7, 11) is 0. The van der Waals surface area contributed by atoms with Crippen LogP contribution >= 0.6 is 15.9 Å². The van der Waals surface area contributed by atoms with E-state index < -0.39 is 0 Å². The van der Waals surface area contributed by atoms with Crippen molar-refractivity contribution in [2.75, 3.05) is 6.61 Å². The van der Waals surface area contributed by atoms with Gasteiger partial charge >= 0.3 is 0 Å². The summed E-state index contributed by atoms with van der Waals surface area (Å²) in [6.45, 7) is 7.73. The van der Waals surface area contributed by atoms with Crippen molar-refractivity contribution in [2.45, 2.75) is 46.5 Å². The molecule has 2 rings (SSSR count). The number of hydrogen-bond donors (Lipinski definition) is 0. The highest BCUT2D eigenvalue weighted by Gasteiger charge is 2.04. The van der Waals surface area contributed by atoms with Gasteiger partial charge in [-0.05, 0) is 53.6 Å². The Bertz CT molecular complexity index is 586. The van der Waals surface area contributed by atoms with Gasteiger partial charge in [-0.25, -0.2) is 0 Å². The maximum absolute atomic E-state index is 5.91. The van der Waals surface area contributed by atoms with Gasteiger partial charge in [-0.3, -0.25) is 0 Å². The van der Waals surface area contributed by atoms with Crippen molar-refractivity contribution in [3.05, 3.63) is 53.0 Å². The van der Waals surface area contributed by atoms with Crippen LogP contribution in [-0.2, 0) is 0 Å². The molecule has 1 nitrogen and oxygen atoms in total. The van der Waals surface area contributed by atoms with Gasteiger partial charge in [0, 0.05) is 4.47 Å². The lowest BCUT2D eigenvalue weighted by atomic mass is 9.98. The Kier molecular flexibility index (Phi) is 7.84. The van der Waals surface area contributed by atoms with Crippen molar-refractivity contribution in [3.8, 4) is 16.9 Å². The van der Waals surface area contributed by atoms with E-state index in [1.165, 1.54) is 30.4 Å². The molecule has 0 aliphatic carbocycles. The minimum absolute atomic E-state index is 0.741. The molecule has 0 aromatic heterocycles. The molecule has 130 valence electrons. The third kappa shape index (κ3) is 6.68. The van der Waals surface area contributed by atoms with Crippen LogP contribution in [0.5, 0.6) is 5.75 Å². The minimum Gasteiger partial charge on any atom is -0.494 e. The normalized spacial score (nSPS) is 12.4. The van der Waals surface area contributed by atoms with Crippen LogP contribution in [0.15, 0.2) is 53.0 Å². The van der Waals surface area contributed by atoms with Gasteiger partial charge in [0.15, 0.2) is 0 Å². The standard InChI is InChI=1S/C22H29BrO/c1-17(2)5-4-6-18(3)15-16-24-22-13-9-20(10-14-22)19-7-11-21(23)12-8-19/h7-14,17-18H,4-6,15-16H2,1-3H3. The second-order valence-corrected chi connectivity index (χ2v) is 8.01. The zero-order chi connectivity index (χ0) is 17.4. The molecule has 0 fully saturated rings. The zero-order valence-corrected chi connectivity index (χ0v) is 16.7. The molecule has 0 spiro atoms. The van der Waals surface area contributed by atoms with Crippen LogP contribution in [0.4, 0.5) is 0 Å². The summed E-state index contributed by atoms with van der Waals surface area (Å²) < 4.78 is 7.01. The lowest BCUT2D eigenvalue weighted by molar-refractivity contribution is 0.276. The number of rotatable bonds is 9. The van der Waals surface area contributed by atoms with Crippen LogP contribution in [0.1, 0.15) is 46.5 Å². The van der Waals surface area contributed by atoms with Crippen LogP contribution < -0.4 is 4.74 Å². The second kappa shape index (κ2) is 9.88. The zero-order valence-electron chi connectivity index (χ0n) is 15.1. The summed E-state index contributed by atoms with van der Waals surface area (Å²) in [5.41, 5.74) is 2.44. The quantitative estimate of drug-likeness (QED) is 0.436. The molecule has 1 unspecified atom stereocenters. The van der Waals surface area contributed by atoms with Crippen LogP contribution in [0.3, 0.4) is 0 Å². The molecule has 2 heteroatoms. The first-order valence-electron chi connectivity index (χ1n) is 9.03. The van der Waals surface area contributed by atoms with E-state index in [1.54, 1.807) is 0 Å². The molecule has 1 atom stereocenters. The molecule has 24 heavy (non-hydrogen) atoms. The van der Waals surface area contributed by atoms with Gasteiger partial charge in [0.25, 0.3) is 0 Å². The van der Waals surface area contributed by atoms with Crippen molar-refractivity contribution in [2.24, 2.45) is 11.8 Å². The third-order valence-electron chi connectivity index (χ3n) is 4.39. The lowest BCUT2D eigenvalue weighted by Gasteiger charge is -2.13. The molecule has 0 radical (unpaired) electrons. The van der Waals surface area contributed by atoms with Gasteiger partial charge in [0.1, 0.15) is 5.75 Å². The first-order chi connectivity index (χ1) is 11.5. The molecule has 0 saturated heterocycles. The van der Waals surface area contributed by atoms with E-state index in [9.17, 15) is 0 Å². The van der Waals surface area contributed by atoms with E-state index in [0.29, 0.717) is 0 Å². The van der Waals surface area contributed by atoms with Crippen molar-refractivity contribution in [3.63, 3.8) is 0 Å². The Balaban J connectivity index is 1.75. The van der Waals surface area contributed by atoms with Crippen LogP contribution in [-0.4, -0.2) is 6.61 Å². The summed E-state index contributed by atoms with van der Waals surface area (Å²) in [6.07, 6.45) is 5.11. The predicted octanol–water partition coefficient (Wildman–Crippen LogP) is 7.35. The Labute approximate surface area is 155 Å². The molecular formula is C22H29BrO. The third-order valence-corrected chi connectivity index (χ3v) is 4.92. The first kappa shape index (κ1) is 19.1. The molecule has 0 saturated carbocycles. The second-order valence-electron chi connectivity index (χ2n) is 7.10. The summed E-state index contributed by atoms with van der Waals surface area (Å²) in [5.74, 6) is 2.52. The van der Waals surface area contributed by atoms with Crippen LogP contribution in [0.25, 0.3) is 11.1 Å². The number of hydrogen-bond acceptors (Lipinski definition) is 1. The Hall–Kier alpha value is -1.28. The van der Waals surface area contributed by atoms with Gasteiger partial charge < -0.3 is 4.74 Å². The molecule has 0 amide bonds. The van der Waals surface area contributed by atoms with Crippen LogP contribution in [0.2, 0.25) is 0 Å². The summed E-state index contributed by atoms with van der Waals surface area (Å²) in [6, 6.07) is 16.8. The van der Waals surface area contributed by atoms with E-state index in [2.05, 4.69) is 85.2 Å². The molecule has 0 aliphatic rings. The van der Waals surface area contributed by atoms with Gasteiger partial charge in [-0.15, -0.1) is 0 Å². The topological polar surface area (TPSA) is 9.23 Å². The largest absolute Gasteiger partial charge is 0.494 e. The molecule has 0 aliphatic heterocycles. The molecule has 0 bridgehead atoms. The number of halogens is 1. The highest BCUT2D eigenvalue weighted by atomic mass is 79.9. The van der Waals surface area contributed by atoms with E-state index >= 15 is 0 Å². The monoisotopic (exact) mass is 388 g/mol. The lowest BCUT2D eigenvalue weighted by Crippen LogP contribution is -2.04. The fourth-order valence-corrected chi connectivity index (χ4v) is 3.05. The van der Waals surface area contributed by atoms with Gasteiger partial charge in [-0.1, -0.05) is 80.2 Å². The number of ether oxygens (including phenoxy) is 1. The van der Waals surface area contributed by atoms with E-state index in [-0.39, 0.29) is 0 Å². The molecule has 2 aromatic carbocycles. The number of benzene rings is 2. The van der Waals surface area contributed by atoms with Crippen molar-refractivity contribution < 1.29 is 4.74 Å². The molecule has 0 N–H and O–H groups in total. The van der Waals surface area contributed by atoms with Crippen molar-refractivity contribution in [1.82, 2.24) is 0 Å². The maximum Gasteiger partial charge on any atom is 0.119 e.